The Morgan fingerprint density at radius 2 is 2.03 bits per heavy atom. The van der Waals surface area contributed by atoms with Gasteiger partial charge in [-0.1, -0.05) is 29.8 Å². The van der Waals surface area contributed by atoms with Crippen LogP contribution in [-0.2, 0) is 11.4 Å². The molecule has 1 aliphatic rings. The zero-order valence-corrected chi connectivity index (χ0v) is 17.8. The summed E-state index contributed by atoms with van der Waals surface area (Å²) in [6.45, 7) is 4.90. The zero-order valence-electron chi connectivity index (χ0n) is 16.2. The Labute approximate surface area is 177 Å². The summed E-state index contributed by atoms with van der Waals surface area (Å²) >= 11 is 3.61. The number of benzene rings is 2. The number of nitrogens with one attached hydrogen (secondary N) is 1. The fourth-order valence-corrected chi connectivity index (χ4v) is 3.86. The maximum absolute atomic E-state index is 12.1. The maximum Gasteiger partial charge on any atom is 0.229 e. The van der Waals surface area contributed by atoms with Crippen LogP contribution in [0.15, 0.2) is 47.2 Å². The van der Waals surface area contributed by atoms with Gasteiger partial charge in [0, 0.05) is 0 Å². The normalized spacial score (nSPS) is 15.6. The van der Waals surface area contributed by atoms with Crippen LogP contribution in [0.3, 0.4) is 0 Å². The van der Waals surface area contributed by atoms with E-state index in [0.717, 1.165) is 15.6 Å². The summed E-state index contributed by atoms with van der Waals surface area (Å²) in [5.41, 5.74) is 3.17. The van der Waals surface area contributed by atoms with Crippen molar-refractivity contribution in [3.8, 4) is 11.5 Å². The highest BCUT2D eigenvalue weighted by Gasteiger charge is 2.29. The van der Waals surface area contributed by atoms with Crippen molar-refractivity contribution < 1.29 is 14.3 Å². The summed E-state index contributed by atoms with van der Waals surface area (Å²) in [5, 5.41) is 6.99. The van der Waals surface area contributed by atoms with Crippen molar-refractivity contribution >= 4 is 27.8 Å². The molecule has 1 aromatic heterocycles. The lowest BCUT2D eigenvalue weighted by Crippen LogP contribution is -2.29. The number of rotatable bonds is 6. The molecule has 0 bridgehead atoms. The Morgan fingerprint density at radius 3 is 2.79 bits per heavy atom. The number of anilines is 1. The first-order valence-corrected chi connectivity index (χ1v) is 10.2. The molecule has 2 aromatic carbocycles. The van der Waals surface area contributed by atoms with Gasteiger partial charge in [0.15, 0.2) is 11.5 Å². The van der Waals surface area contributed by atoms with Gasteiger partial charge in [0.2, 0.25) is 11.9 Å². The van der Waals surface area contributed by atoms with E-state index >= 15 is 0 Å². The van der Waals surface area contributed by atoms with Gasteiger partial charge in [-0.2, -0.15) is 10.1 Å². The number of aromatic nitrogens is 3. The van der Waals surface area contributed by atoms with Crippen molar-refractivity contribution in [3.63, 3.8) is 0 Å². The average molecular weight is 457 g/mol. The second kappa shape index (κ2) is 8.24. The first-order valence-electron chi connectivity index (χ1n) is 9.39. The van der Waals surface area contributed by atoms with Crippen LogP contribution in [0.1, 0.15) is 36.1 Å². The van der Waals surface area contributed by atoms with Gasteiger partial charge in [-0.15, -0.1) is 0 Å². The van der Waals surface area contributed by atoms with E-state index in [1.54, 1.807) is 4.68 Å². The minimum atomic E-state index is -0.261. The molecule has 0 fully saturated rings. The van der Waals surface area contributed by atoms with E-state index in [1.807, 2.05) is 31.2 Å². The van der Waals surface area contributed by atoms with Gasteiger partial charge in [-0.25, -0.2) is 4.68 Å². The molecule has 29 heavy (non-hydrogen) atoms. The van der Waals surface area contributed by atoms with Crippen LogP contribution in [0.5, 0.6) is 11.5 Å². The molecule has 0 radical (unpaired) electrons. The van der Waals surface area contributed by atoms with Gasteiger partial charge >= 0.3 is 0 Å². The summed E-state index contributed by atoms with van der Waals surface area (Å²) < 4.78 is 14.4. The number of carbonyl (C=O) groups excluding carboxylic acids is 1. The van der Waals surface area contributed by atoms with Gasteiger partial charge in [0.05, 0.1) is 23.5 Å². The molecule has 0 spiro atoms. The number of fused-ring (bicyclic) bond motifs is 1. The summed E-state index contributed by atoms with van der Waals surface area (Å²) in [6.07, 6.45) is 1.71. The second-order valence-electron chi connectivity index (χ2n) is 6.83. The molecule has 7 nitrogen and oxygen atoms in total. The van der Waals surface area contributed by atoms with Crippen LogP contribution in [0, 0.1) is 6.92 Å². The first-order chi connectivity index (χ1) is 14.0. The van der Waals surface area contributed by atoms with E-state index in [0.29, 0.717) is 30.7 Å². The van der Waals surface area contributed by atoms with Gasteiger partial charge in [0.25, 0.3) is 0 Å². The molecule has 1 amide bonds. The quantitative estimate of drug-likeness (QED) is 0.599. The van der Waals surface area contributed by atoms with E-state index in [1.165, 1.54) is 11.9 Å². The topological polar surface area (TPSA) is 78.3 Å². The Bertz CT molecular complexity index is 1030. The van der Waals surface area contributed by atoms with Gasteiger partial charge in [-0.05, 0) is 53.0 Å². The molecular weight excluding hydrogens is 436 g/mol. The van der Waals surface area contributed by atoms with Crippen LogP contribution in [-0.4, -0.2) is 27.3 Å². The summed E-state index contributed by atoms with van der Waals surface area (Å²) in [4.78, 5) is 16.2. The monoisotopic (exact) mass is 456 g/mol. The van der Waals surface area contributed by atoms with Crippen LogP contribution in [0.2, 0.25) is 0 Å². The molecule has 1 aliphatic heterocycles. The van der Waals surface area contributed by atoms with Crippen LogP contribution in [0.25, 0.3) is 0 Å². The number of carbonyl (C=O) groups is 1. The molecule has 0 unspecified atom stereocenters. The molecule has 1 N–H and O–H groups in total. The van der Waals surface area contributed by atoms with Gasteiger partial charge in [0.1, 0.15) is 12.9 Å². The minimum absolute atomic E-state index is 0.0933. The van der Waals surface area contributed by atoms with E-state index in [2.05, 4.69) is 50.4 Å². The Morgan fingerprint density at radius 1 is 1.24 bits per heavy atom. The number of hydrogen-bond donors (Lipinski definition) is 1. The van der Waals surface area contributed by atoms with Crippen molar-refractivity contribution in [2.45, 2.75) is 32.9 Å². The van der Waals surface area contributed by atoms with E-state index in [-0.39, 0.29) is 18.4 Å². The van der Waals surface area contributed by atoms with Crippen molar-refractivity contribution in [3.05, 3.63) is 63.9 Å². The van der Waals surface area contributed by atoms with Crippen molar-refractivity contribution in [2.75, 3.05) is 11.9 Å². The van der Waals surface area contributed by atoms with E-state index in [9.17, 15) is 4.79 Å². The minimum Gasteiger partial charge on any atom is -0.490 e. The molecule has 8 heteroatoms. The van der Waals surface area contributed by atoms with Crippen LogP contribution >= 0.6 is 15.9 Å². The summed E-state index contributed by atoms with van der Waals surface area (Å²) in [6, 6.07) is 11.8. The molecule has 4 rings (SSSR count). The number of ether oxygens (including phenoxy) is 2. The third-order valence-electron chi connectivity index (χ3n) is 4.72. The van der Waals surface area contributed by atoms with E-state index < -0.39 is 0 Å². The smallest absolute Gasteiger partial charge is 0.229 e. The third-order valence-corrected chi connectivity index (χ3v) is 5.31. The van der Waals surface area contributed by atoms with Gasteiger partial charge < -0.3 is 9.47 Å². The van der Waals surface area contributed by atoms with Crippen molar-refractivity contribution in [2.24, 2.45) is 0 Å². The van der Waals surface area contributed by atoms with Gasteiger partial charge in [-0.3, -0.25) is 10.1 Å². The molecule has 0 saturated carbocycles. The summed E-state index contributed by atoms with van der Waals surface area (Å²) in [5.74, 6) is 1.61. The lowest BCUT2D eigenvalue weighted by Gasteiger charge is -2.25. The number of aryl methyl sites for hydroxylation is 1. The molecule has 0 saturated heterocycles. The number of hydrogen-bond acceptors (Lipinski definition) is 5. The summed E-state index contributed by atoms with van der Waals surface area (Å²) in [7, 11) is 0. The first kappa shape index (κ1) is 19.4. The highest BCUT2D eigenvalue weighted by Crippen LogP contribution is 2.41. The fourth-order valence-electron chi connectivity index (χ4n) is 3.29. The Hall–Kier alpha value is -2.87. The lowest BCUT2D eigenvalue weighted by atomic mass is 10.0. The largest absolute Gasteiger partial charge is 0.490 e. The number of halogens is 1. The lowest BCUT2D eigenvalue weighted by molar-refractivity contribution is -0.117. The second-order valence-corrected chi connectivity index (χ2v) is 7.69. The predicted octanol–water partition coefficient (Wildman–Crippen LogP) is 4.26. The van der Waals surface area contributed by atoms with Crippen LogP contribution in [0.4, 0.5) is 5.95 Å². The molecule has 3 aromatic rings. The SMILES string of the molecule is CCOc1cc([C@H]2CC(=O)Nc3ncnn32)cc(Br)c1OCc1ccc(C)cc1. The fraction of sp³-hybridized carbons (Fsp3) is 0.286. The highest BCUT2D eigenvalue weighted by atomic mass is 79.9. The average Bonchev–Trinajstić information content (AvgIpc) is 3.16. The zero-order chi connectivity index (χ0) is 20.4. The van der Waals surface area contributed by atoms with E-state index in [4.69, 9.17) is 9.47 Å². The third kappa shape index (κ3) is 4.12. The van der Waals surface area contributed by atoms with Crippen LogP contribution < -0.4 is 14.8 Å². The molecule has 2 heterocycles. The number of amides is 1. The molecule has 150 valence electrons. The van der Waals surface area contributed by atoms with Crippen molar-refractivity contribution in [1.29, 1.82) is 0 Å². The Balaban J connectivity index is 1.65. The highest BCUT2D eigenvalue weighted by molar-refractivity contribution is 9.10. The standard InChI is InChI=1S/C21H21BrN4O3/c1-3-28-18-9-15(17-10-19(27)25-21-23-12-24-26(17)21)8-16(22)20(18)29-11-14-6-4-13(2)5-7-14/h4-9,12,17H,3,10-11H2,1-2H3,(H,23,24,25,27)/t17-/m1/s1. The molecule has 1 atom stereocenters. The maximum atomic E-state index is 12.1. The number of nitrogens with zero attached hydrogens (tertiary/aromatic N) is 3. The van der Waals surface area contributed by atoms with Crippen molar-refractivity contribution in [1.82, 2.24) is 14.8 Å². The Kier molecular flexibility index (Phi) is 5.53. The molecule has 0 aliphatic carbocycles. The predicted molar refractivity (Wildman–Crippen MR) is 112 cm³/mol. The molecular formula is C21H21BrN4O3.